The van der Waals surface area contributed by atoms with E-state index in [1.54, 1.807) is 4.90 Å². The number of nitrogens with one attached hydrogen (secondary N) is 1. The van der Waals surface area contributed by atoms with Gasteiger partial charge >= 0.3 is 12.0 Å². The number of aliphatic carboxylic acids is 1. The Morgan fingerprint density at radius 2 is 2.22 bits per heavy atom. The minimum absolute atomic E-state index is 0.0935. The predicted octanol–water partition coefficient (Wildman–Crippen LogP) is 0.672. The lowest BCUT2D eigenvalue weighted by molar-refractivity contribution is -0.138. The average molecular weight is 256 g/mol. The third-order valence-corrected chi connectivity index (χ3v) is 3.54. The van der Waals surface area contributed by atoms with Crippen LogP contribution in [-0.2, 0) is 9.53 Å². The van der Waals surface area contributed by atoms with Crippen molar-refractivity contribution in [2.45, 2.75) is 31.8 Å². The van der Waals surface area contributed by atoms with Crippen molar-refractivity contribution in [2.75, 3.05) is 26.2 Å². The Morgan fingerprint density at radius 3 is 2.89 bits per heavy atom. The Labute approximate surface area is 106 Å². The van der Waals surface area contributed by atoms with Crippen LogP contribution in [-0.4, -0.2) is 54.4 Å². The van der Waals surface area contributed by atoms with Gasteiger partial charge in [0.2, 0.25) is 0 Å². The van der Waals surface area contributed by atoms with Gasteiger partial charge in [0.1, 0.15) is 0 Å². The van der Waals surface area contributed by atoms with Gasteiger partial charge in [0.05, 0.1) is 6.10 Å². The molecule has 2 amide bonds. The Bertz CT molecular complexity index is 315. The van der Waals surface area contributed by atoms with Gasteiger partial charge in [-0.15, -0.1) is 0 Å². The number of likely N-dealkylation sites (tertiary alicyclic amines) is 1. The molecule has 0 spiro atoms. The lowest BCUT2D eigenvalue weighted by Gasteiger charge is -2.18. The van der Waals surface area contributed by atoms with Crippen molar-refractivity contribution in [1.82, 2.24) is 10.2 Å². The molecule has 18 heavy (non-hydrogen) atoms. The number of ether oxygens (including phenoxy) is 1. The number of carbonyl (C=O) groups excluding carboxylic acids is 1. The topological polar surface area (TPSA) is 78.9 Å². The lowest BCUT2D eigenvalue weighted by Crippen LogP contribution is -2.41. The number of rotatable bonds is 4. The molecule has 0 radical (unpaired) electrons. The number of carboxylic acids is 1. The van der Waals surface area contributed by atoms with Gasteiger partial charge in [-0.1, -0.05) is 0 Å². The van der Waals surface area contributed by atoms with Gasteiger partial charge in [-0.25, -0.2) is 4.79 Å². The molecule has 0 saturated carbocycles. The number of hydrogen-bond donors (Lipinski definition) is 2. The Morgan fingerprint density at radius 1 is 1.39 bits per heavy atom. The van der Waals surface area contributed by atoms with Crippen molar-refractivity contribution in [3.8, 4) is 0 Å². The van der Waals surface area contributed by atoms with Gasteiger partial charge in [0.25, 0.3) is 0 Å². The molecule has 2 N–H and O–H groups in total. The highest BCUT2D eigenvalue weighted by molar-refractivity contribution is 5.74. The van der Waals surface area contributed by atoms with E-state index in [2.05, 4.69) is 5.32 Å². The summed E-state index contributed by atoms with van der Waals surface area (Å²) in [5, 5.41) is 11.6. The third-order valence-electron chi connectivity index (χ3n) is 3.54. The average Bonchev–Trinajstić information content (AvgIpc) is 2.95. The first-order valence-corrected chi connectivity index (χ1v) is 6.51. The second-order valence-corrected chi connectivity index (χ2v) is 5.02. The van der Waals surface area contributed by atoms with Crippen molar-refractivity contribution in [2.24, 2.45) is 5.92 Å². The van der Waals surface area contributed by atoms with Crippen molar-refractivity contribution in [3.63, 3.8) is 0 Å². The number of carbonyl (C=O) groups is 2. The van der Waals surface area contributed by atoms with Crippen LogP contribution >= 0.6 is 0 Å². The first-order valence-electron chi connectivity index (χ1n) is 6.51. The summed E-state index contributed by atoms with van der Waals surface area (Å²) in [6.07, 6.45) is 3.13. The van der Waals surface area contributed by atoms with E-state index in [1.807, 2.05) is 0 Å². The monoisotopic (exact) mass is 256 g/mol. The Kier molecular flexibility index (Phi) is 4.41. The molecule has 6 nitrogen and oxygen atoms in total. The minimum Gasteiger partial charge on any atom is -0.481 e. The van der Waals surface area contributed by atoms with Crippen molar-refractivity contribution < 1.29 is 19.4 Å². The molecule has 2 aliphatic rings. The molecule has 0 bridgehead atoms. The maximum Gasteiger partial charge on any atom is 0.317 e. The van der Waals surface area contributed by atoms with Gasteiger partial charge < -0.3 is 20.1 Å². The van der Waals surface area contributed by atoms with E-state index < -0.39 is 5.97 Å². The highest BCUT2D eigenvalue weighted by atomic mass is 16.5. The van der Waals surface area contributed by atoms with Gasteiger partial charge in [-0.2, -0.15) is 0 Å². The van der Waals surface area contributed by atoms with Gasteiger partial charge in [-0.3, -0.25) is 4.79 Å². The molecular formula is C12H20N2O4. The molecule has 2 saturated heterocycles. The first-order chi connectivity index (χ1) is 8.65. The highest BCUT2D eigenvalue weighted by Gasteiger charge is 2.28. The fourth-order valence-corrected chi connectivity index (χ4v) is 2.55. The van der Waals surface area contributed by atoms with Crippen LogP contribution in [0, 0.1) is 5.92 Å². The summed E-state index contributed by atoms with van der Waals surface area (Å²) in [6, 6.07) is -0.0987. The van der Waals surface area contributed by atoms with E-state index in [0.29, 0.717) is 19.6 Å². The molecule has 2 aliphatic heterocycles. The SMILES string of the molecule is O=C(O)CC1CCN(C(=O)NCC2CCCO2)C1. The largest absolute Gasteiger partial charge is 0.481 e. The standard InChI is InChI=1S/C12H20N2O4/c15-11(16)6-9-3-4-14(8-9)12(17)13-7-10-2-1-5-18-10/h9-10H,1-8H2,(H,13,17)(H,15,16). The lowest BCUT2D eigenvalue weighted by atomic mass is 10.1. The zero-order chi connectivity index (χ0) is 13.0. The summed E-state index contributed by atoms with van der Waals surface area (Å²) in [4.78, 5) is 24.1. The fraction of sp³-hybridized carbons (Fsp3) is 0.833. The third kappa shape index (κ3) is 3.60. The van der Waals surface area contributed by atoms with Crippen LogP contribution in [0.4, 0.5) is 4.79 Å². The molecule has 102 valence electrons. The van der Waals surface area contributed by atoms with Crippen LogP contribution in [0.1, 0.15) is 25.7 Å². The molecule has 2 unspecified atom stereocenters. The molecule has 0 aliphatic carbocycles. The van der Waals surface area contributed by atoms with E-state index in [9.17, 15) is 9.59 Å². The Hall–Kier alpha value is -1.30. The second-order valence-electron chi connectivity index (χ2n) is 5.02. The van der Waals surface area contributed by atoms with Crippen LogP contribution in [0.2, 0.25) is 0 Å². The number of carboxylic acid groups (broad SMARTS) is 1. The van der Waals surface area contributed by atoms with E-state index >= 15 is 0 Å². The predicted molar refractivity (Wildman–Crippen MR) is 64.3 cm³/mol. The maximum atomic E-state index is 11.8. The second kappa shape index (κ2) is 6.04. The van der Waals surface area contributed by atoms with Crippen molar-refractivity contribution in [1.29, 1.82) is 0 Å². The number of urea groups is 1. The molecule has 0 aromatic rings. The van der Waals surface area contributed by atoms with E-state index in [1.165, 1.54) is 0 Å². The first kappa shape index (κ1) is 13.1. The number of amides is 2. The molecule has 2 fully saturated rings. The van der Waals surface area contributed by atoms with Gasteiger partial charge in [0.15, 0.2) is 0 Å². The molecule has 2 rings (SSSR count). The van der Waals surface area contributed by atoms with Crippen LogP contribution in [0.3, 0.4) is 0 Å². The molecule has 0 aromatic carbocycles. The Balaban J connectivity index is 1.68. The van der Waals surface area contributed by atoms with Gasteiger partial charge in [0, 0.05) is 32.7 Å². The summed E-state index contributed by atoms with van der Waals surface area (Å²) in [5.41, 5.74) is 0. The number of nitrogens with zero attached hydrogens (tertiary/aromatic N) is 1. The molecule has 2 heterocycles. The summed E-state index contributed by atoms with van der Waals surface area (Å²) in [7, 11) is 0. The smallest absolute Gasteiger partial charge is 0.317 e. The van der Waals surface area contributed by atoms with Crippen molar-refractivity contribution >= 4 is 12.0 Å². The summed E-state index contributed by atoms with van der Waals surface area (Å²) < 4.78 is 5.43. The van der Waals surface area contributed by atoms with E-state index in [4.69, 9.17) is 9.84 Å². The van der Waals surface area contributed by atoms with Gasteiger partial charge in [-0.05, 0) is 25.2 Å². The maximum absolute atomic E-state index is 11.8. The molecule has 6 heteroatoms. The number of hydrogen-bond acceptors (Lipinski definition) is 3. The minimum atomic E-state index is -0.790. The fourth-order valence-electron chi connectivity index (χ4n) is 2.55. The normalized spacial score (nSPS) is 27.4. The van der Waals surface area contributed by atoms with Crippen molar-refractivity contribution in [3.05, 3.63) is 0 Å². The molecular weight excluding hydrogens is 236 g/mol. The van der Waals surface area contributed by atoms with Crippen LogP contribution in [0.5, 0.6) is 0 Å². The summed E-state index contributed by atoms with van der Waals surface area (Å²) >= 11 is 0. The highest BCUT2D eigenvalue weighted by Crippen LogP contribution is 2.19. The van der Waals surface area contributed by atoms with Crippen LogP contribution in [0.15, 0.2) is 0 Å². The zero-order valence-corrected chi connectivity index (χ0v) is 10.4. The zero-order valence-electron chi connectivity index (χ0n) is 10.4. The summed E-state index contributed by atoms with van der Waals surface area (Å²) in [6.45, 7) is 2.53. The van der Waals surface area contributed by atoms with E-state index in [0.717, 1.165) is 25.9 Å². The van der Waals surface area contributed by atoms with Crippen LogP contribution < -0.4 is 5.32 Å². The van der Waals surface area contributed by atoms with Crippen LogP contribution in [0.25, 0.3) is 0 Å². The molecule has 0 aromatic heterocycles. The van der Waals surface area contributed by atoms with E-state index in [-0.39, 0.29) is 24.5 Å². The summed E-state index contributed by atoms with van der Waals surface area (Å²) in [5.74, 6) is -0.697. The molecule has 2 atom stereocenters. The quantitative estimate of drug-likeness (QED) is 0.775.